The Labute approximate surface area is 118 Å². The van der Waals surface area contributed by atoms with Gasteiger partial charge in [-0.15, -0.1) is 0 Å². The molecule has 0 saturated carbocycles. The number of amides is 2. The molecule has 4 nitrogen and oxygen atoms in total. The first-order valence-corrected chi connectivity index (χ1v) is 6.11. The quantitative estimate of drug-likeness (QED) is 0.864. The number of rotatable bonds is 2. The number of phenols is 1. The number of hydrogen-bond acceptors (Lipinski definition) is 3. The molecule has 0 spiro atoms. The van der Waals surface area contributed by atoms with Crippen molar-refractivity contribution in [2.45, 2.75) is 6.54 Å². The van der Waals surface area contributed by atoms with Crippen LogP contribution in [0.15, 0.2) is 36.4 Å². The van der Waals surface area contributed by atoms with E-state index in [1.807, 2.05) is 0 Å². The van der Waals surface area contributed by atoms with E-state index >= 15 is 0 Å². The number of aromatic hydroxyl groups is 1. The van der Waals surface area contributed by atoms with Gasteiger partial charge in [0.05, 0.1) is 17.7 Å². The zero-order valence-corrected chi connectivity index (χ0v) is 10.6. The fourth-order valence-corrected chi connectivity index (χ4v) is 2.24. The van der Waals surface area contributed by atoms with E-state index < -0.39 is 23.4 Å². The Morgan fingerprint density at radius 2 is 1.48 bits per heavy atom. The zero-order chi connectivity index (χ0) is 15.1. The molecule has 0 aromatic heterocycles. The standard InChI is InChI=1S/C15H9F2NO3/c16-11-5-9-10(6-12(11)17)15(21)18(14(9)20)7-8-3-1-2-4-13(8)19/h1-6,19H,7H2. The highest BCUT2D eigenvalue weighted by molar-refractivity contribution is 6.21. The molecule has 6 heteroatoms. The predicted molar refractivity (Wildman–Crippen MR) is 68.7 cm³/mol. The molecular formula is C15H9F2NO3. The van der Waals surface area contributed by atoms with E-state index in [0.29, 0.717) is 5.56 Å². The van der Waals surface area contributed by atoms with Crippen LogP contribution in [0.3, 0.4) is 0 Å². The van der Waals surface area contributed by atoms with Gasteiger partial charge in [0.15, 0.2) is 11.6 Å². The molecule has 21 heavy (non-hydrogen) atoms. The van der Waals surface area contributed by atoms with Crippen LogP contribution in [0.5, 0.6) is 5.75 Å². The van der Waals surface area contributed by atoms with Gasteiger partial charge in [-0.1, -0.05) is 18.2 Å². The van der Waals surface area contributed by atoms with Gasteiger partial charge in [0.1, 0.15) is 5.75 Å². The number of halogens is 2. The van der Waals surface area contributed by atoms with E-state index in [4.69, 9.17) is 0 Å². The van der Waals surface area contributed by atoms with Crippen molar-refractivity contribution in [1.82, 2.24) is 4.90 Å². The summed E-state index contributed by atoms with van der Waals surface area (Å²) in [7, 11) is 0. The molecule has 0 radical (unpaired) electrons. The average molecular weight is 289 g/mol. The monoisotopic (exact) mass is 289 g/mol. The fraction of sp³-hybridized carbons (Fsp3) is 0.0667. The van der Waals surface area contributed by atoms with Gasteiger partial charge in [-0.05, 0) is 18.2 Å². The predicted octanol–water partition coefficient (Wildman–Crippen LogP) is 2.47. The highest BCUT2D eigenvalue weighted by atomic mass is 19.2. The molecule has 1 heterocycles. The molecule has 1 aliphatic rings. The number of carbonyl (C=O) groups excluding carboxylic acids is 2. The van der Waals surface area contributed by atoms with Crippen molar-refractivity contribution in [3.05, 3.63) is 64.7 Å². The lowest BCUT2D eigenvalue weighted by Crippen LogP contribution is -2.29. The SMILES string of the molecule is O=C1c2cc(F)c(F)cc2C(=O)N1Cc1ccccc1O. The summed E-state index contributed by atoms with van der Waals surface area (Å²) in [5.41, 5.74) is 0.0246. The van der Waals surface area contributed by atoms with Crippen LogP contribution in [0.4, 0.5) is 8.78 Å². The second kappa shape index (κ2) is 4.66. The minimum atomic E-state index is -1.18. The molecule has 0 fully saturated rings. The van der Waals surface area contributed by atoms with Gasteiger partial charge in [0, 0.05) is 5.56 Å². The van der Waals surface area contributed by atoms with Crippen LogP contribution in [0.25, 0.3) is 0 Å². The molecule has 0 unspecified atom stereocenters. The van der Waals surface area contributed by atoms with Crippen LogP contribution in [-0.4, -0.2) is 21.8 Å². The largest absolute Gasteiger partial charge is 0.508 e. The molecule has 0 aliphatic carbocycles. The second-order valence-corrected chi connectivity index (χ2v) is 4.64. The number of carbonyl (C=O) groups is 2. The smallest absolute Gasteiger partial charge is 0.261 e. The van der Waals surface area contributed by atoms with Gasteiger partial charge >= 0.3 is 0 Å². The third kappa shape index (κ3) is 2.05. The van der Waals surface area contributed by atoms with E-state index in [1.54, 1.807) is 18.2 Å². The lowest BCUT2D eigenvalue weighted by Gasteiger charge is -2.14. The molecule has 3 rings (SSSR count). The highest BCUT2D eigenvalue weighted by Crippen LogP contribution is 2.28. The summed E-state index contributed by atoms with van der Waals surface area (Å²) >= 11 is 0. The lowest BCUT2D eigenvalue weighted by atomic mass is 10.1. The number of phenolic OH excluding ortho intramolecular Hbond substituents is 1. The average Bonchev–Trinajstić information content (AvgIpc) is 2.67. The molecule has 2 aromatic carbocycles. The molecule has 0 atom stereocenters. The Bertz CT molecular complexity index is 733. The van der Waals surface area contributed by atoms with Crippen LogP contribution in [-0.2, 0) is 6.54 Å². The summed E-state index contributed by atoms with van der Waals surface area (Å²) in [6.07, 6.45) is 0. The minimum absolute atomic E-state index is 0.0635. The topological polar surface area (TPSA) is 57.6 Å². The molecule has 0 bridgehead atoms. The Kier molecular flexibility index (Phi) is 2.94. The van der Waals surface area contributed by atoms with E-state index in [-0.39, 0.29) is 23.4 Å². The van der Waals surface area contributed by atoms with Gasteiger partial charge in [-0.25, -0.2) is 8.78 Å². The van der Waals surface area contributed by atoms with Crippen LogP contribution in [0, 0.1) is 11.6 Å². The van der Waals surface area contributed by atoms with Crippen LogP contribution >= 0.6 is 0 Å². The Hall–Kier alpha value is -2.76. The van der Waals surface area contributed by atoms with Crippen molar-refractivity contribution in [3.63, 3.8) is 0 Å². The number of benzene rings is 2. The van der Waals surface area contributed by atoms with Crippen molar-refractivity contribution in [2.24, 2.45) is 0 Å². The molecule has 1 N–H and O–H groups in total. The maximum absolute atomic E-state index is 13.2. The highest BCUT2D eigenvalue weighted by Gasteiger charge is 2.37. The van der Waals surface area contributed by atoms with Gasteiger partial charge in [0.2, 0.25) is 0 Å². The van der Waals surface area contributed by atoms with E-state index in [0.717, 1.165) is 17.0 Å². The van der Waals surface area contributed by atoms with E-state index in [9.17, 15) is 23.5 Å². The summed E-state index contributed by atoms with van der Waals surface area (Å²) in [6.45, 7) is -0.164. The van der Waals surface area contributed by atoms with Crippen molar-refractivity contribution in [2.75, 3.05) is 0 Å². The molecule has 0 saturated heterocycles. The zero-order valence-electron chi connectivity index (χ0n) is 10.6. The molecule has 1 aliphatic heterocycles. The Morgan fingerprint density at radius 1 is 0.952 bits per heavy atom. The molecular weight excluding hydrogens is 280 g/mol. The summed E-state index contributed by atoms with van der Waals surface area (Å²) in [6, 6.07) is 7.66. The van der Waals surface area contributed by atoms with Gasteiger partial charge in [-0.3, -0.25) is 14.5 Å². The fourth-order valence-electron chi connectivity index (χ4n) is 2.24. The number of nitrogens with zero attached hydrogens (tertiary/aromatic N) is 1. The lowest BCUT2D eigenvalue weighted by molar-refractivity contribution is 0.0641. The number of hydrogen-bond donors (Lipinski definition) is 1. The Morgan fingerprint density at radius 3 is 2.00 bits per heavy atom. The van der Waals surface area contributed by atoms with E-state index in [2.05, 4.69) is 0 Å². The number of para-hydroxylation sites is 1. The summed E-state index contributed by atoms with van der Waals surface area (Å²) in [4.78, 5) is 25.1. The first kappa shape index (κ1) is 13.2. The first-order chi connectivity index (χ1) is 9.99. The second-order valence-electron chi connectivity index (χ2n) is 4.64. The maximum atomic E-state index is 13.2. The van der Waals surface area contributed by atoms with Crippen LogP contribution in [0.2, 0.25) is 0 Å². The van der Waals surface area contributed by atoms with Crippen LogP contribution in [0.1, 0.15) is 26.3 Å². The van der Waals surface area contributed by atoms with Crippen LogP contribution < -0.4 is 0 Å². The van der Waals surface area contributed by atoms with Gasteiger partial charge in [0.25, 0.3) is 11.8 Å². The van der Waals surface area contributed by atoms with Crippen molar-refractivity contribution >= 4 is 11.8 Å². The summed E-state index contributed by atoms with van der Waals surface area (Å²) in [5.74, 6) is -3.85. The van der Waals surface area contributed by atoms with E-state index in [1.165, 1.54) is 6.07 Å². The minimum Gasteiger partial charge on any atom is -0.508 e. The normalized spacial score (nSPS) is 13.7. The van der Waals surface area contributed by atoms with Gasteiger partial charge in [-0.2, -0.15) is 0 Å². The number of fused-ring (bicyclic) bond motifs is 1. The van der Waals surface area contributed by atoms with Crippen molar-refractivity contribution in [3.8, 4) is 5.75 Å². The molecule has 2 amide bonds. The Balaban J connectivity index is 1.99. The summed E-state index contributed by atoms with van der Waals surface area (Å²) < 4.78 is 26.4. The third-order valence-electron chi connectivity index (χ3n) is 3.33. The van der Waals surface area contributed by atoms with Gasteiger partial charge < -0.3 is 5.11 Å². The first-order valence-electron chi connectivity index (χ1n) is 6.11. The molecule has 106 valence electrons. The summed E-state index contributed by atoms with van der Waals surface area (Å²) in [5, 5.41) is 9.68. The van der Waals surface area contributed by atoms with Crippen molar-refractivity contribution in [1.29, 1.82) is 0 Å². The molecule has 2 aromatic rings. The van der Waals surface area contributed by atoms with Crippen molar-refractivity contribution < 1.29 is 23.5 Å². The number of imide groups is 1. The third-order valence-corrected chi connectivity index (χ3v) is 3.33. The maximum Gasteiger partial charge on any atom is 0.261 e.